The molecule has 3 aliphatic rings. The predicted octanol–water partition coefficient (Wildman–Crippen LogP) is 8.15. The number of amides is 1. The molecule has 3 unspecified atom stereocenters. The van der Waals surface area contributed by atoms with Crippen LogP contribution in [0.1, 0.15) is 98.4 Å². The second-order valence-electron chi connectivity index (χ2n) is 13.2. The van der Waals surface area contributed by atoms with Crippen LogP contribution in [-0.2, 0) is 32.9 Å². The highest BCUT2D eigenvalue weighted by atomic mass is 19.4. The summed E-state index contributed by atoms with van der Waals surface area (Å²) in [6, 6.07) is 3.21. The summed E-state index contributed by atoms with van der Waals surface area (Å²) < 4.78 is 132. The first-order valence-corrected chi connectivity index (χ1v) is 16.6. The van der Waals surface area contributed by atoms with Gasteiger partial charge in [0.05, 0.1) is 29.2 Å². The van der Waals surface area contributed by atoms with Gasteiger partial charge in [0.25, 0.3) is 0 Å². The van der Waals surface area contributed by atoms with E-state index in [0.717, 1.165) is 18.2 Å². The van der Waals surface area contributed by atoms with Crippen LogP contribution in [0, 0.1) is 11.8 Å². The van der Waals surface area contributed by atoms with E-state index in [-0.39, 0.29) is 66.8 Å². The fraction of sp³-hybridized carbons (Fsp3) is 0.559. The first-order valence-electron chi connectivity index (χ1n) is 16.6. The molecule has 0 radical (unpaired) electrons. The van der Waals surface area contributed by atoms with Gasteiger partial charge in [0.2, 0.25) is 5.91 Å². The topological polar surface area (TPSA) is 86.3 Å². The van der Waals surface area contributed by atoms with Crippen molar-refractivity contribution in [3.63, 3.8) is 0 Å². The SMILES string of the molecule is CCOC(=O)CC1CCC(C(=O)N2c3ccc(C(F)(F)F)cc3C(C(C3=NNN(C)N3)c3cc(C(F)(F)F)cc(C(F)(F)F)c3)CC2CC)CC1. The number of hydrogen-bond donors (Lipinski definition) is 2. The molecule has 280 valence electrons. The highest BCUT2D eigenvalue weighted by Gasteiger charge is 2.46. The summed E-state index contributed by atoms with van der Waals surface area (Å²) in [5, 5.41) is 5.29. The van der Waals surface area contributed by atoms with E-state index >= 15 is 0 Å². The van der Waals surface area contributed by atoms with E-state index < -0.39 is 64.6 Å². The summed E-state index contributed by atoms with van der Waals surface area (Å²) in [6.45, 7) is 3.69. The third-order valence-electron chi connectivity index (χ3n) is 9.84. The van der Waals surface area contributed by atoms with Crippen molar-refractivity contribution in [2.75, 3.05) is 18.6 Å². The number of hydrogen-bond acceptors (Lipinski definition) is 7. The van der Waals surface area contributed by atoms with Gasteiger partial charge in [0.1, 0.15) is 5.84 Å². The van der Waals surface area contributed by atoms with Gasteiger partial charge < -0.3 is 9.64 Å². The molecule has 1 fully saturated rings. The molecule has 1 saturated carbocycles. The second-order valence-corrected chi connectivity index (χ2v) is 13.2. The highest BCUT2D eigenvalue weighted by Crippen LogP contribution is 2.51. The van der Waals surface area contributed by atoms with E-state index in [1.807, 2.05) is 0 Å². The maximum atomic E-state index is 14.3. The lowest BCUT2D eigenvalue weighted by Gasteiger charge is -2.45. The molecule has 0 bridgehead atoms. The van der Waals surface area contributed by atoms with Crippen molar-refractivity contribution in [2.24, 2.45) is 16.9 Å². The van der Waals surface area contributed by atoms with Crippen molar-refractivity contribution in [2.45, 2.75) is 95.2 Å². The molecule has 1 amide bonds. The van der Waals surface area contributed by atoms with E-state index in [0.29, 0.717) is 37.8 Å². The summed E-state index contributed by atoms with van der Waals surface area (Å²) in [7, 11) is 1.44. The van der Waals surface area contributed by atoms with Crippen LogP contribution >= 0.6 is 0 Å². The minimum absolute atomic E-state index is 0.00340. The van der Waals surface area contributed by atoms with Crippen LogP contribution < -0.4 is 15.9 Å². The number of halogens is 9. The van der Waals surface area contributed by atoms with Crippen LogP contribution in [0.2, 0.25) is 0 Å². The Morgan fingerprint density at radius 3 is 2.00 bits per heavy atom. The molecule has 1 aliphatic carbocycles. The lowest BCUT2D eigenvalue weighted by Crippen LogP contribution is -2.49. The van der Waals surface area contributed by atoms with Gasteiger partial charge in [-0.25, -0.2) is 5.53 Å². The van der Waals surface area contributed by atoms with Crippen LogP contribution in [0.15, 0.2) is 41.5 Å². The van der Waals surface area contributed by atoms with E-state index in [1.165, 1.54) is 17.1 Å². The number of esters is 1. The third kappa shape index (κ3) is 8.39. The van der Waals surface area contributed by atoms with Crippen LogP contribution in [0.4, 0.5) is 45.2 Å². The standard InChI is InChI=1S/C34H38F9N5O3/c1-4-24-17-26(29(30-44-46-47(3)45-30)20-13-22(33(38,39)40)15-23(14-20)34(41,42)43)25-16-21(32(35,36)37)10-11-27(25)48(24)31(50)19-8-6-18(7-9-19)12-28(49)51-5-2/h10-11,13-16,18-19,24,26,29,46H,4-9,12,17H2,1-3H3,(H,44,45). The number of carbonyl (C=O) groups is 2. The Morgan fingerprint density at radius 2 is 1.49 bits per heavy atom. The molecule has 5 rings (SSSR count). The number of carbonyl (C=O) groups excluding carboxylic acids is 2. The van der Waals surface area contributed by atoms with Crippen molar-refractivity contribution >= 4 is 23.4 Å². The molecule has 0 spiro atoms. The van der Waals surface area contributed by atoms with Gasteiger partial charge in [-0.05, 0) is 98.9 Å². The van der Waals surface area contributed by atoms with Gasteiger partial charge in [-0.3, -0.25) is 15.0 Å². The molecule has 2 aromatic rings. The lowest BCUT2D eigenvalue weighted by atomic mass is 9.72. The quantitative estimate of drug-likeness (QED) is 0.210. The zero-order chi connectivity index (χ0) is 37.5. The fourth-order valence-corrected chi connectivity index (χ4v) is 7.43. The Hall–Kier alpha value is -4.02. The maximum absolute atomic E-state index is 14.3. The van der Waals surface area contributed by atoms with Crippen molar-refractivity contribution in [1.29, 1.82) is 0 Å². The van der Waals surface area contributed by atoms with Gasteiger partial charge in [0, 0.05) is 37.0 Å². The minimum Gasteiger partial charge on any atom is -0.466 e. The number of hydrazone groups is 1. The van der Waals surface area contributed by atoms with E-state index in [2.05, 4.69) is 16.1 Å². The number of benzene rings is 2. The number of amidine groups is 1. The number of fused-ring (bicyclic) bond motifs is 1. The summed E-state index contributed by atoms with van der Waals surface area (Å²) in [6.07, 6.45) is -12.9. The summed E-state index contributed by atoms with van der Waals surface area (Å²) in [4.78, 5) is 27.7. The summed E-state index contributed by atoms with van der Waals surface area (Å²) in [5.74, 6) is -3.90. The molecule has 0 saturated heterocycles. The zero-order valence-corrected chi connectivity index (χ0v) is 28.0. The summed E-state index contributed by atoms with van der Waals surface area (Å²) in [5.41, 5.74) is 0.581. The Labute approximate surface area is 288 Å². The Balaban J connectivity index is 1.62. The fourth-order valence-electron chi connectivity index (χ4n) is 7.43. The van der Waals surface area contributed by atoms with Gasteiger partial charge >= 0.3 is 24.5 Å². The van der Waals surface area contributed by atoms with Crippen LogP contribution in [0.25, 0.3) is 0 Å². The van der Waals surface area contributed by atoms with Crippen LogP contribution in [0.3, 0.4) is 0 Å². The van der Waals surface area contributed by atoms with E-state index in [9.17, 15) is 49.1 Å². The molecule has 8 nitrogen and oxygen atoms in total. The number of alkyl halides is 9. The number of nitrogens with zero attached hydrogens (tertiary/aromatic N) is 3. The van der Waals surface area contributed by atoms with Crippen molar-refractivity contribution in [3.8, 4) is 0 Å². The maximum Gasteiger partial charge on any atom is 0.416 e. The molecular formula is C34H38F9N5O3. The van der Waals surface area contributed by atoms with E-state index in [1.54, 1.807) is 13.8 Å². The Kier molecular flexibility index (Phi) is 10.9. The molecule has 2 aliphatic heterocycles. The Morgan fingerprint density at radius 1 is 0.882 bits per heavy atom. The molecule has 2 N–H and O–H groups in total. The molecule has 2 aromatic carbocycles. The van der Waals surface area contributed by atoms with Gasteiger partial charge in [-0.2, -0.15) is 39.5 Å². The average molecular weight is 736 g/mol. The first kappa shape index (κ1) is 38.2. The average Bonchev–Trinajstić information content (AvgIpc) is 3.48. The van der Waals surface area contributed by atoms with Gasteiger partial charge in [0.15, 0.2) is 0 Å². The monoisotopic (exact) mass is 735 g/mol. The van der Waals surface area contributed by atoms with Gasteiger partial charge in [-0.1, -0.05) is 6.92 Å². The number of ether oxygens (including phenoxy) is 1. The number of hydrazine groups is 2. The van der Waals surface area contributed by atoms with Crippen molar-refractivity contribution < 1.29 is 53.8 Å². The molecule has 0 aromatic heterocycles. The van der Waals surface area contributed by atoms with Crippen LogP contribution in [0.5, 0.6) is 0 Å². The smallest absolute Gasteiger partial charge is 0.416 e. The molecule has 2 heterocycles. The number of anilines is 1. The number of nitrogens with one attached hydrogen (secondary N) is 2. The van der Waals surface area contributed by atoms with E-state index in [4.69, 9.17) is 4.74 Å². The predicted molar refractivity (Wildman–Crippen MR) is 168 cm³/mol. The molecular weight excluding hydrogens is 697 g/mol. The van der Waals surface area contributed by atoms with Crippen LogP contribution in [-0.4, -0.2) is 42.5 Å². The Bertz CT molecular complexity index is 1600. The molecule has 3 atom stereocenters. The zero-order valence-electron chi connectivity index (χ0n) is 28.0. The highest BCUT2D eigenvalue weighted by molar-refractivity contribution is 5.98. The lowest BCUT2D eigenvalue weighted by molar-refractivity contribution is -0.145. The third-order valence-corrected chi connectivity index (χ3v) is 9.84. The normalized spacial score (nSPS) is 23.5. The first-order chi connectivity index (χ1) is 23.8. The van der Waals surface area contributed by atoms with Crippen molar-refractivity contribution in [3.05, 3.63) is 64.2 Å². The molecule has 51 heavy (non-hydrogen) atoms. The largest absolute Gasteiger partial charge is 0.466 e. The van der Waals surface area contributed by atoms with Crippen molar-refractivity contribution in [1.82, 2.24) is 16.1 Å². The molecule has 17 heteroatoms. The second kappa shape index (κ2) is 14.5. The summed E-state index contributed by atoms with van der Waals surface area (Å²) >= 11 is 0. The minimum atomic E-state index is -5.18. The number of rotatable bonds is 8. The van der Waals surface area contributed by atoms with Gasteiger partial charge in [-0.15, -0.1) is 10.2 Å².